The number of carbonyl (C=O) groups excluding carboxylic acids is 1. The number of amides is 2. The third-order valence-corrected chi connectivity index (χ3v) is 4.98. The van der Waals surface area contributed by atoms with Crippen LogP contribution in [0.3, 0.4) is 0 Å². The lowest BCUT2D eigenvalue weighted by atomic mass is 10.1. The van der Waals surface area contributed by atoms with Crippen molar-refractivity contribution in [2.45, 2.75) is 39.0 Å². The molecule has 31 heavy (non-hydrogen) atoms. The van der Waals surface area contributed by atoms with Crippen LogP contribution in [0, 0.1) is 0 Å². The first kappa shape index (κ1) is 24.5. The highest BCUT2D eigenvalue weighted by Gasteiger charge is 2.14. The predicted octanol–water partition coefficient (Wildman–Crippen LogP) is 4.67. The minimum absolute atomic E-state index is 0.196. The minimum atomic E-state index is -0.196. The summed E-state index contributed by atoms with van der Waals surface area (Å²) in [5.41, 5.74) is 2.97. The number of anilines is 2. The quantitative estimate of drug-likeness (QED) is 0.384. The molecule has 0 aromatic heterocycles. The molecule has 0 bridgehead atoms. The van der Waals surface area contributed by atoms with Gasteiger partial charge in [-0.25, -0.2) is 4.79 Å². The van der Waals surface area contributed by atoms with Gasteiger partial charge in [0.25, 0.3) is 0 Å². The van der Waals surface area contributed by atoms with Gasteiger partial charge in [0, 0.05) is 20.6 Å². The number of para-hydroxylation sites is 1. The van der Waals surface area contributed by atoms with E-state index in [9.17, 15) is 4.79 Å². The van der Waals surface area contributed by atoms with Crippen molar-refractivity contribution >= 4 is 17.4 Å². The van der Waals surface area contributed by atoms with Crippen LogP contribution in [0.2, 0.25) is 0 Å². The molecule has 0 saturated heterocycles. The summed E-state index contributed by atoms with van der Waals surface area (Å²) in [7, 11) is 3.92. The van der Waals surface area contributed by atoms with Crippen molar-refractivity contribution in [2.75, 3.05) is 50.6 Å². The molecule has 0 radical (unpaired) electrons. The van der Waals surface area contributed by atoms with Crippen molar-refractivity contribution in [1.82, 2.24) is 10.6 Å². The SMILES string of the molecule is CCCCCNC(=O)Nc1c(OCCCNCCc2ccccc2)cccc1N(C)C. The number of nitrogens with zero attached hydrogens (tertiary/aromatic N) is 1. The smallest absolute Gasteiger partial charge is 0.319 e. The summed E-state index contributed by atoms with van der Waals surface area (Å²) < 4.78 is 6.03. The number of benzene rings is 2. The molecule has 6 heteroatoms. The van der Waals surface area contributed by atoms with Gasteiger partial charge >= 0.3 is 6.03 Å². The van der Waals surface area contributed by atoms with Gasteiger partial charge in [0.2, 0.25) is 0 Å². The molecule has 170 valence electrons. The summed E-state index contributed by atoms with van der Waals surface area (Å²) in [4.78, 5) is 14.3. The van der Waals surface area contributed by atoms with Gasteiger partial charge in [-0.2, -0.15) is 0 Å². The highest BCUT2D eigenvalue weighted by Crippen LogP contribution is 2.34. The van der Waals surface area contributed by atoms with Gasteiger partial charge < -0.3 is 25.6 Å². The summed E-state index contributed by atoms with van der Waals surface area (Å²) in [5.74, 6) is 0.694. The van der Waals surface area contributed by atoms with Gasteiger partial charge in [-0.3, -0.25) is 0 Å². The molecule has 0 aliphatic rings. The summed E-state index contributed by atoms with van der Waals surface area (Å²) in [6.07, 6.45) is 5.14. The van der Waals surface area contributed by atoms with Crippen molar-refractivity contribution in [2.24, 2.45) is 0 Å². The molecule has 0 fully saturated rings. The van der Waals surface area contributed by atoms with Crippen LogP contribution in [-0.2, 0) is 6.42 Å². The largest absolute Gasteiger partial charge is 0.491 e. The lowest BCUT2D eigenvalue weighted by molar-refractivity contribution is 0.251. The summed E-state index contributed by atoms with van der Waals surface area (Å²) >= 11 is 0. The number of urea groups is 1. The zero-order chi connectivity index (χ0) is 22.3. The Morgan fingerprint density at radius 2 is 1.74 bits per heavy atom. The van der Waals surface area contributed by atoms with Crippen LogP contribution in [0.15, 0.2) is 48.5 Å². The van der Waals surface area contributed by atoms with Crippen LogP contribution in [0.25, 0.3) is 0 Å². The molecule has 0 saturated carbocycles. The van der Waals surface area contributed by atoms with Gasteiger partial charge in [-0.15, -0.1) is 0 Å². The first-order valence-corrected chi connectivity index (χ1v) is 11.3. The minimum Gasteiger partial charge on any atom is -0.491 e. The Kier molecular flexibility index (Phi) is 11.3. The summed E-state index contributed by atoms with van der Waals surface area (Å²) in [5, 5.41) is 9.38. The molecule has 0 spiro atoms. The molecule has 2 amide bonds. The average Bonchev–Trinajstić information content (AvgIpc) is 2.77. The summed E-state index contributed by atoms with van der Waals surface area (Å²) in [6, 6.07) is 16.1. The third kappa shape index (κ3) is 9.30. The zero-order valence-corrected chi connectivity index (χ0v) is 19.2. The van der Waals surface area contributed by atoms with E-state index in [4.69, 9.17) is 4.74 Å². The lowest BCUT2D eigenvalue weighted by Gasteiger charge is -2.21. The third-order valence-electron chi connectivity index (χ3n) is 4.98. The van der Waals surface area contributed by atoms with E-state index in [-0.39, 0.29) is 6.03 Å². The van der Waals surface area contributed by atoms with Crippen molar-refractivity contribution in [3.8, 4) is 5.75 Å². The van der Waals surface area contributed by atoms with Crippen molar-refractivity contribution < 1.29 is 9.53 Å². The van der Waals surface area contributed by atoms with Crippen LogP contribution < -0.4 is 25.6 Å². The van der Waals surface area contributed by atoms with Gasteiger partial charge in [0.05, 0.1) is 12.3 Å². The van der Waals surface area contributed by atoms with E-state index in [0.717, 1.165) is 50.9 Å². The average molecular weight is 427 g/mol. The molecular weight excluding hydrogens is 388 g/mol. The topological polar surface area (TPSA) is 65.6 Å². The fourth-order valence-corrected chi connectivity index (χ4v) is 3.25. The fraction of sp³-hybridized carbons (Fsp3) is 0.480. The van der Waals surface area contributed by atoms with Crippen LogP contribution >= 0.6 is 0 Å². The second kappa shape index (κ2) is 14.3. The first-order valence-electron chi connectivity index (χ1n) is 11.3. The normalized spacial score (nSPS) is 10.5. The molecule has 0 heterocycles. The van der Waals surface area contributed by atoms with Gasteiger partial charge in [0.1, 0.15) is 11.4 Å². The number of hydrogen-bond acceptors (Lipinski definition) is 4. The molecular formula is C25H38N4O2. The second-order valence-electron chi connectivity index (χ2n) is 7.82. The maximum atomic E-state index is 12.4. The molecule has 2 rings (SSSR count). The molecule has 0 unspecified atom stereocenters. The van der Waals surface area contributed by atoms with Crippen LogP contribution in [0.5, 0.6) is 5.75 Å². The highest BCUT2D eigenvalue weighted by atomic mass is 16.5. The number of hydrogen-bond donors (Lipinski definition) is 3. The Morgan fingerprint density at radius 3 is 2.48 bits per heavy atom. The Labute approximate surface area is 187 Å². The molecule has 0 atom stereocenters. The number of unbranched alkanes of at least 4 members (excludes halogenated alkanes) is 2. The van der Waals surface area contributed by atoms with Gasteiger partial charge in [0.15, 0.2) is 0 Å². The summed E-state index contributed by atoms with van der Waals surface area (Å²) in [6.45, 7) is 5.25. The Bertz CT molecular complexity index is 765. The van der Waals surface area contributed by atoms with E-state index in [0.29, 0.717) is 24.6 Å². The molecule has 3 N–H and O–H groups in total. The lowest BCUT2D eigenvalue weighted by Crippen LogP contribution is -2.30. The molecule has 6 nitrogen and oxygen atoms in total. The van der Waals surface area contributed by atoms with Crippen molar-refractivity contribution in [3.63, 3.8) is 0 Å². The van der Waals surface area contributed by atoms with Crippen LogP contribution in [-0.4, -0.2) is 46.4 Å². The maximum absolute atomic E-state index is 12.4. The molecule has 0 aliphatic carbocycles. The van der Waals surface area contributed by atoms with E-state index in [1.807, 2.05) is 43.3 Å². The van der Waals surface area contributed by atoms with Gasteiger partial charge in [-0.1, -0.05) is 56.2 Å². The van der Waals surface area contributed by atoms with E-state index in [1.54, 1.807) is 0 Å². The number of carbonyl (C=O) groups is 1. The zero-order valence-electron chi connectivity index (χ0n) is 19.2. The Morgan fingerprint density at radius 1 is 0.935 bits per heavy atom. The monoisotopic (exact) mass is 426 g/mol. The maximum Gasteiger partial charge on any atom is 0.319 e. The molecule has 2 aromatic rings. The first-order chi connectivity index (χ1) is 15.1. The van der Waals surface area contributed by atoms with E-state index < -0.39 is 0 Å². The number of ether oxygens (including phenoxy) is 1. The van der Waals surface area contributed by atoms with Gasteiger partial charge in [-0.05, 0) is 50.0 Å². The molecule has 0 aliphatic heterocycles. The standard InChI is InChI=1S/C25H38N4O2/c1-4-5-9-18-27-25(30)28-24-22(29(2)3)14-10-15-23(24)31-20-11-17-26-19-16-21-12-7-6-8-13-21/h6-8,10,12-15,26H,4-5,9,11,16-20H2,1-3H3,(H2,27,28,30). The Hall–Kier alpha value is -2.73. The second-order valence-corrected chi connectivity index (χ2v) is 7.82. The fourth-order valence-electron chi connectivity index (χ4n) is 3.25. The molecule has 2 aromatic carbocycles. The van der Waals surface area contributed by atoms with Crippen molar-refractivity contribution in [3.05, 3.63) is 54.1 Å². The number of rotatable bonds is 14. The number of nitrogens with one attached hydrogen (secondary N) is 3. The van der Waals surface area contributed by atoms with Crippen LogP contribution in [0.1, 0.15) is 38.2 Å². The highest BCUT2D eigenvalue weighted by molar-refractivity contribution is 5.95. The Balaban J connectivity index is 1.80. The van der Waals surface area contributed by atoms with Crippen LogP contribution in [0.4, 0.5) is 16.2 Å². The van der Waals surface area contributed by atoms with Crippen molar-refractivity contribution in [1.29, 1.82) is 0 Å². The van der Waals surface area contributed by atoms with E-state index in [1.165, 1.54) is 5.56 Å². The van der Waals surface area contributed by atoms with E-state index >= 15 is 0 Å². The predicted molar refractivity (Wildman–Crippen MR) is 130 cm³/mol. The van der Waals surface area contributed by atoms with E-state index in [2.05, 4.69) is 47.1 Å².